The van der Waals surface area contributed by atoms with E-state index in [9.17, 15) is 18.0 Å². The standard InChI is InChI=1S/C23H21F3N2O2/c1-2-3-12-30-18-7-4-15(5-8-18)13-16-10-11-28-21(16)27-20-14-17(23(24,25)26)6-9-19(20)22(28)29/h4-9,13-14H,2-3,10-12H2,1H3/b16-13+. The molecule has 0 amide bonds. The monoisotopic (exact) mass is 414 g/mol. The Labute approximate surface area is 171 Å². The minimum absolute atomic E-state index is 0.0635. The maximum atomic E-state index is 13.1. The van der Waals surface area contributed by atoms with Crippen LogP contribution in [0.5, 0.6) is 5.75 Å². The van der Waals surface area contributed by atoms with Crippen LogP contribution in [0.15, 0.2) is 47.3 Å². The molecule has 0 radical (unpaired) electrons. The van der Waals surface area contributed by atoms with E-state index in [0.29, 0.717) is 25.4 Å². The topological polar surface area (TPSA) is 44.1 Å². The SMILES string of the molecule is CCCCOc1ccc(/C=C2\CCn3c2nc2cc(C(F)(F)F)ccc2c3=O)cc1. The van der Waals surface area contributed by atoms with Crippen molar-refractivity contribution in [2.45, 2.75) is 38.9 Å². The Kier molecular flexibility index (Phi) is 5.37. The Morgan fingerprint density at radius 1 is 1.17 bits per heavy atom. The summed E-state index contributed by atoms with van der Waals surface area (Å²) in [6, 6.07) is 10.7. The van der Waals surface area contributed by atoms with Gasteiger partial charge in [-0.15, -0.1) is 0 Å². The van der Waals surface area contributed by atoms with E-state index in [-0.39, 0.29) is 16.5 Å². The van der Waals surface area contributed by atoms with Crippen molar-refractivity contribution < 1.29 is 17.9 Å². The zero-order valence-electron chi connectivity index (χ0n) is 16.5. The van der Waals surface area contributed by atoms with Gasteiger partial charge in [0.1, 0.15) is 11.6 Å². The Balaban J connectivity index is 1.68. The Morgan fingerprint density at radius 3 is 2.63 bits per heavy atom. The highest BCUT2D eigenvalue weighted by Gasteiger charge is 2.31. The molecule has 0 unspecified atom stereocenters. The number of fused-ring (bicyclic) bond motifs is 2. The molecule has 1 aliphatic rings. The number of benzene rings is 2. The number of ether oxygens (including phenoxy) is 1. The van der Waals surface area contributed by atoms with Crippen LogP contribution in [0.3, 0.4) is 0 Å². The van der Waals surface area contributed by atoms with E-state index in [0.717, 1.165) is 41.9 Å². The number of unbranched alkanes of at least 4 members (excludes halogenated alkanes) is 1. The number of halogens is 3. The van der Waals surface area contributed by atoms with Crippen molar-refractivity contribution in [1.29, 1.82) is 0 Å². The highest BCUT2D eigenvalue weighted by Crippen LogP contribution is 2.32. The van der Waals surface area contributed by atoms with E-state index < -0.39 is 11.7 Å². The molecule has 0 spiro atoms. The number of hydrogen-bond acceptors (Lipinski definition) is 3. The first kappa shape index (κ1) is 20.2. The third kappa shape index (κ3) is 3.97. The van der Waals surface area contributed by atoms with Crippen molar-refractivity contribution in [3.05, 3.63) is 69.8 Å². The largest absolute Gasteiger partial charge is 0.494 e. The maximum absolute atomic E-state index is 13.1. The number of hydrogen-bond donors (Lipinski definition) is 0. The number of alkyl halides is 3. The molecule has 0 N–H and O–H groups in total. The molecule has 0 saturated carbocycles. The van der Waals surface area contributed by atoms with Gasteiger partial charge in [0.25, 0.3) is 5.56 Å². The van der Waals surface area contributed by atoms with Gasteiger partial charge in [-0.1, -0.05) is 25.5 Å². The average molecular weight is 414 g/mol. The number of allylic oxidation sites excluding steroid dienone is 1. The van der Waals surface area contributed by atoms with Gasteiger partial charge in [-0.2, -0.15) is 13.2 Å². The van der Waals surface area contributed by atoms with Gasteiger partial charge in [-0.25, -0.2) is 4.98 Å². The molecule has 0 saturated heterocycles. The molecule has 156 valence electrons. The van der Waals surface area contributed by atoms with Crippen molar-refractivity contribution >= 4 is 22.6 Å². The second kappa shape index (κ2) is 7.97. The fourth-order valence-corrected chi connectivity index (χ4v) is 3.53. The molecule has 4 nitrogen and oxygen atoms in total. The van der Waals surface area contributed by atoms with Crippen LogP contribution in [-0.4, -0.2) is 16.2 Å². The summed E-state index contributed by atoms with van der Waals surface area (Å²) < 4.78 is 46.3. The molecule has 1 aliphatic heterocycles. The van der Waals surface area contributed by atoms with E-state index in [4.69, 9.17) is 4.74 Å². The smallest absolute Gasteiger partial charge is 0.416 e. The molecule has 0 bridgehead atoms. The average Bonchev–Trinajstić information content (AvgIpc) is 3.11. The summed E-state index contributed by atoms with van der Waals surface area (Å²) >= 11 is 0. The first-order valence-electron chi connectivity index (χ1n) is 9.92. The molecular formula is C23H21F3N2O2. The molecule has 3 aromatic rings. The van der Waals surface area contributed by atoms with Crippen molar-refractivity contribution in [2.75, 3.05) is 6.61 Å². The zero-order valence-corrected chi connectivity index (χ0v) is 16.5. The van der Waals surface area contributed by atoms with Crippen LogP contribution in [0.25, 0.3) is 22.6 Å². The van der Waals surface area contributed by atoms with Gasteiger partial charge in [0.05, 0.1) is 23.1 Å². The van der Waals surface area contributed by atoms with Gasteiger partial charge in [-0.3, -0.25) is 9.36 Å². The minimum atomic E-state index is -4.48. The first-order valence-corrected chi connectivity index (χ1v) is 9.92. The fraction of sp³-hybridized carbons (Fsp3) is 0.304. The second-order valence-electron chi connectivity index (χ2n) is 7.31. The summed E-state index contributed by atoms with van der Waals surface area (Å²) in [6.45, 7) is 3.23. The summed E-state index contributed by atoms with van der Waals surface area (Å²) in [5.41, 5.74) is 0.681. The van der Waals surface area contributed by atoms with Crippen molar-refractivity contribution in [1.82, 2.24) is 9.55 Å². The third-order valence-electron chi connectivity index (χ3n) is 5.16. The van der Waals surface area contributed by atoms with Crippen LogP contribution in [0.4, 0.5) is 13.2 Å². The van der Waals surface area contributed by atoms with E-state index in [2.05, 4.69) is 11.9 Å². The highest BCUT2D eigenvalue weighted by molar-refractivity contribution is 5.85. The fourth-order valence-electron chi connectivity index (χ4n) is 3.53. The summed E-state index contributed by atoms with van der Waals surface area (Å²) in [4.78, 5) is 17.2. The molecule has 4 rings (SSSR count). The van der Waals surface area contributed by atoms with Crippen molar-refractivity contribution in [3.63, 3.8) is 0 Å². The Bertz CT molecular complexity index is 1160. The van der Waals surface area contributed by atoms with Crippen LogP contribution in [0.1, 0.15) is 43.1 Å². The summed E-state index contributed by atoms with van der Waals surface area (Å²) in [5, 5.41) is 0.196. The molecular weight excluding hydrogens is 393 g/mol. The zero-order chi connectivity index (χ0) is 21.3. The van der Waals surface area contributed by atoms with Gasteiger partial charge in [0.15, 0.2) is 0 Å². The van der Waals surface area contributed by atoms with Gasteiger partial charge < -0.3 is 4.74 Å². The lowest BCUT2D eigenvalue weighted by Crippen LogP contribution is -2.21. The molecule has 1 aromatic heterocycles. The number of rotatable bonds is 5. The normalized spacial score (nSPS) is 15.0. The van der Waals surface area contributed by atoms with Gasteiger partial charge in [0.2, 0.25) is 0 Å². The van der Waals surface area contributed by atoms with Crippen LogP contribution in [-0.2, 0) is 12.7 Å². The van der Waals surface area contributed by atoms with E-state index in [1.807, 2.05) is 30.3 Å². The minimum Gasteiger partial charge on any atom is -0.494 e. The van der Waals surface area contributed by atoms with E-state index in [1.165, 1.54) is 10.6 Å². The molecule has 0 fully saturated rings. The quantitative estimate of drug-likeness (QED) is 0.515. The van der Waals surface area contributed by atoms with Gasteiger partial charge >= 0.3 is 6.18 Å². The lowest BCUT2D eigenvalue weighted by atomic mass is 10.1. The van der Waals surface area contributed by atoms with Crippen LogP contribution in [0.2, 0.25) is 0 Å². The Morgan fingerprint density at radius 2 is 1.93 bits per heavy atom. The summed E-state index contributed by atoms with van der Waals surface area (Å²) in [7, 11) is 0. The molecule has 30 heavy (non-hydrogen) atoms. The molecule has 0 aliphatic carbocycles. The third-order valence-corrected chi connectivity index (χ3v) is 5.16. The summed E-state index contributed by atoms with van der Waals surface area (Å²) in [5.74, 6) is 1.22. The molecule has 2 heterocycles. The molecule has 2 aromatic carbocycles. The predicted octanol–water partition coefficient (Wildman–Crippen LogP) is 5.54. The lowest BCUT2D eigenvalue weighted by Gasteiger charge is -2.09. The predicted molar refractivity (Wildman–Crippen MR) is 110 cm³/mol. The second-order valence-corrected chi connectivity index (χ2v) is 7.31. The summed E-state index contributed by atoms with van der Waals surface area (Å²) in [6.07, 6.45) is 0.0901. The Hall–Kier alpha value is -3.09. The molecule has 0 atom stereocenters. The van der Waals surface area contributed by atoms with Crippen molar-refractivity contribution in [2.24, 2.45) is 0 Å². The maximum Gasteiger partial charge on any atom is 0.416 e. The number of aromatic nitrogens is 2. The van der Waals surface area contributed by atoms with Crippen molar-refractivity contribution in [3.8, 4) is 5.75 Å². The van der Waals surface area contributed by atoms with Crippen LogP contribution in [0, 0.1) is 0 Å². The highest BCUT2D eigenvalue weighted by atomic mass is 19.4. The lowest BCUT2D eigenvalue weighted by molar-refractivity contribution is -0.137. The van der Waals surface area contributed by atoms with E-state index >= 15 is 0 Å². The van der Waals surface area contributed by atoms with E-state index in [1.54, 1.807) is 0 Å². The van der Waals surface area contributed by atoms with Gasteiger partial charge in [-0.05, 0) is 60.4 Å². The first-order chi connectivity index (χ1) is 14.4. The van der Waals surface area contributed by atoms with Gasteiger partial charge in [0, 0.05) is 6.54 Å². The number of nitrogens with zero attached hydrogens (tertiary/aromatic N) is 2. The molecule has 7 heteroatoms. The van der Waals surface area contributed by atoms with Crippen LogP contribution < -0.4 is 10.3 Å². The van der Waals surface area contributed by atoms with Crippen LogP contribution >= 0.6 is 0 Å².